The lowest BCUT2D eigenvalue weighted by Gasteiger charge is -2.14. The van der Waals surface area contributed by atoms with Gasteiger partial charge < -0.3 is 10.6 Å². The van der Waals surface area contributed by atoms with E-state index in [-0.39, 0.29) is 18.5 Å². The fourth-order valence-corrected chi connectivity index (χ4v) is 3.66. The first-order valence-corrected chi connectivity index (χ1v) is 10.1. The molecule has 0 saturated carbocycles. The summed E-state index contributed by atoms with van der Waals surface area (Å²) in [6, 6.07) is 12.8. The SMILES string of the molecule is C[C@H](Nc1nc(C(=O)NCc2ccc(C#N)nc2)c2sccc2n1)c1ccccn1. The number of aromatic nitrogens is 4. The Morgan fingerprint density at radius 1 is 1.20 bits per heavy atom. The van der Waals surface area contributed by atoms with Crippen molar-refractivity contribution in [1.82, 2.24) is 25.3 Å². The van der Waals surface area contributed by atoms with Crippen LogP contribution in [0.4, 0.5) is 5.95 Å². The highest BCUT2D eigenvalue weighted by Gasteiger charge is 2.17. The Morgan fingerprint density at radius 2 is 2.10 bits per heavy atom. The molecule has 2 N–H and O–H groups in total. The first-order chi connectivity index (χ1) is 14.6. The van der Waals surface area contributed by atoms with Gasteiger partial charge in [0.1, 0.15) is 11.8 Å². The number of nitrogens with zero attached hydrogens (tertiary/aromatic N) is 5. The minimum Gasteiger partial charge on any atom is -0.347 e. The van der Waals surface area contributed by atoms with Crippen molar-refractivity contribution in [2.24, 2.45) is 0 Å². The van der Waals surface area contributed by atoms with Gasteiger partial charge in [0.2, 0.25) is 5.95 Å². The molecular formula is C21H17N7OS. The molecule has 0 aliphatic heterocycles. The molecule has 30 heavy (non-hydrogen) atoms. The third-order valence-corrected chi connectivity index (χ3v) is 5.30. The second kappa shape index (κ2) is 8.63. The van der Waals surface area contributed by atoms with E-state index < -0.39 is 0 Å². The summed E-state index contributed by atoms with van der Waals surface area (Å²) >= 11 is 1.42. The number of carbonyl (C=O) groups is 1. The van der Waals surface area contributed by atoms with Gasteiger partial charge >= 0.3 is 0 Å². The Morgan fingerprint density at radius 3 is 2.83 bits per heavy atom. The summed E-state index contributed by atoms with van der Waals surface area (Å²) in [6.07, 6.45) is 3.30. The number of nitriles is 1. The van der Waals surface area contributed by atoms with E-state index in [9.17, 15) is 4.79 Å². The molecule has 0 radical (unpaired) electrons. The summed E-state index contributed by atoms with van der Waals surface area (Å²) in [4.78, 5) is 30.2. The number of hydrogen-bond donors (Lipinski definition) is 2. The molecule has 0 bridgehead atoms. The standard InChI is InChI=1S/C21H17N7OS/c1-13(16-4-2-3-8-23-16)26-21-27-17-7-9-30-19(17)18(28-21)20(29)25-12-14-5-6-15(10-22)24-11-14/h2-9,11,13H,12H2,1H3,(H,25,29)(H,26,27,28)/t13-/m0/s1. The van der Waals surface area contributed by atoms with Crippen molar-refractivity contribution < 1.29 is 4.79 Å². The fraction of sp³-hybridized carbons (Fsp3) is 0.143. The van der Waals surface area contributed by atoms with Crippen LogP contribution in [0.25, 0.3) is 10.2 Å². The Balaban J connectivity index is 1.54. The molecule has 0 aromatic carbocycles. The van der Waals surface area contributed by atoms with Crippen LogP contribution < -0.4 is 10.6 Å². The van der Waals surface area contributed by atoms with Gasteiger partial charge in [-0.2, -0.15) is 5.26 Å². The second-order valence-electron chi connectivity index (χ2n) is 6.50. The highest BCUT2D eigenvalue weighted by molar-refractivity contribution is 7.17. The lowest BCUT2D eigenvalue weighted by atomic mass is 10.2. The molecule has 9 heteroatoms. The normalized spacial score (nSPS) is 11.6. The number of thiophene rings is 1. The molecule has 4 heterocycles. The van der Waals surface area contributed by atoms with Gasteiger partial charge in [0, 0.05) is 18.9 Å². The second-order valence-corrected chi connectivity index (χ2v) is 7.41. The summed E-state index contributed by atoms with van der Waals surface area (Å²) in [5.74, 6) is 0.0620. The Kier molecular flexibility index (Phi) is 5.59. The van der Waals surface area contributed by atoms with Crippen LogP contribution in [-0.2, 0) is 6.54 Å². The zero-order valence-electron chi connectivity index (χ0n) is 16.0. The van der Waals surface area contributed by atoms with Crippen molar-refractivity contribution in [1.29, 1.82) is 5.26 Å². The van der Waals surface area contributed by atoms with Crippen LogP contribution >= 0.6 is 11.3 Å². The molecule has 0 fully saturated rings. The largest absolute Gasteiger partial charge is 0.347 e. The van der Waals surface area contributed by atoms with E-state index in [1.54, 1.807) is 24.5 Å². The summed E-state index contributed by atoms with van der Waals surface area (Å²) in [5.41, 5.74) is 2.99. The monoisotopic (exact) mass is 415 g/mol. The number of pyridine rings is 2. The molecule has 0 unspecified atom stereocenters. The molecular weight excluding hydrogens is 398 g/mol. The average molecular weight is 415 g/mol. The first kappa shape index (κ1) is 19.4. The van der Waals surface area contributed by atoms with Crippen LogP contribution in [0, 0.1) is 11.3 Å². The highest BCUT2D eigenvalue weighted by atomic mass is 32.1. The molecule has 0 spiro atoms. The number of amides is 1. The zero-order valence-corrected chi connectivity index (χ0v) is 16.8. The van der Waals surface area contributed by atoms with Crippen molar-refractivity contribution in [2.75, 3.05) is 5.32 Å². The van der Waals surface area contributed by atoms with Crippen LogP contribution in [0.15, 0.2) is 54.2 Å². The maximum absolute atomic E-state index is 12.9. The summed E-state index contributed by atoms with van der Waals surface area (Å²) < 4.78 is 0.724. The van der Waals surface area contributed by atoms with Crippen molar-refractivity contribution in [2.45, 2.75) is 19.5 Å². The van der Waals surface area contributed by atoms with Gasteiger partial charge in [-0.05, 0) is 42.1 Å². The van der Waals surface area contributed by atoms with Gasteiger partial charge in [-0.1, -0.05) is 12.1 Å². The predicted molar refractivity (Wildman–Crippen MR) is 114 cm³/mol. The van der Waals surface area contributed by atoms with Crippen LogP contribution in [-0.4, -0.2) is 25.8 Å². The first-order valence-electron chi connectivity index (χ1n) is 9.20. The number of hydrogen-bond acceptors (Lipinski definition) is 8. The third kappa shape index (κ3) is 4.24. The fourth-order valence-electron chi connectivity index (χ4n) is 2.84. The Hall–Kier alpha value is -3.90. The minimum absolute atomic E-state index is 0.122. The molecule has 148 valence electrons. The molecule has 8 nitrogen and oxygen atoms in total. The average Bonchev–Trinajstić information content (AvgIpc) is 3.26. The minimum atomic E-state index is -0.303. The Labute approximate surface area is 176 Å². The summed E-state index contributed by atoms with van der Waals surface area (Å²) in [6.45, 7) is 2.24. The van der Waals surface area contributed by atoms with Gasteiger partial charge in [0.25, 0.3) is 5.91 Å². The zero-order chi connectivity index (χ0) is 20.9. The smallest absolute Gasteiger partial charge is 0.271 e. The predicted octanol–water partition coefficient (Wildman–Crippen LogP) is 3.46. The molecule has 0 saturated heterocycles. The van der Waals surface area contributed by atoms with Crippen molar-refractivity contribution in [3.8, 4) is 6.07 Å². The molecule has 1 atom stereocenters. The van der Waals surface area contributed by atoms with Crippen LogP contribution in [0.1, 0.15) is 40.4 Å². The van der Waals surface area contributed by atoms with E-state index in [0.29, 0.717) is 22.9 Å². The van der Waals surface area contributed by atoms with Crippen LogP contribution in [0.2, 0.25) is 0 Å². The van der Waals surface area contributed by atoms with Gasteiger partial charge in [0.05, 0.1) is 22.0 Å². The lowest BCUT2D eigenvalue weighted by Crippen LogP contribution is -2.25. The van der Waals surface area contributed by atoms with E-state index in [4.69, 9.17) is 5.26 Å². The van der Waals surface area contributed by atoms with Crippen LogP contribution in [0.5, 0.6) is 0 Å². The summed E-state index contributed by atoms with van der Waals surface area (Å²) in [7, 11) is 0. The topological polar surface area (TPSA) is 116 Å². The van der Waals surface area contributed by atoms with E-state index in [1.165, 1.54) is 11.3 Å². The van der Waals surface area contributed by atoms with Crippen LogP contribution in [0.3, 0.4) is 0 Å². The van der Waals surface area contributed by atoms with Gasteiger partial charge in [0.15, 0.2) is 5.69 Å². The molecule has 1 amide bonds. The van der Waals surface area contributed by atoms with Gasteiger partial charge in [-0.15, -0.1) is 11.3 Å². The number of anilines is 1. The molecule has 4 aromatic rings. The van der Waals surface area contributed by atoms with Crippen molar-refractivity contribution in [3.05, 3.63) is 76.8 Å². The van der Waals surface area contributed by atoms with E-state index >= 15 is 0 Å². The van der Waals surface area contributed by atoms with Crippen molar-refractivity contribution >= 4 is 33.4 Å². The molecule has 0 aliphatic carbocycles. The number of rotatable bonds is 6. The van der Waals surface area contributed by atoms with Crippen molar-refractivity contribution in [3.63, 3.8) is 0 Å². The Bertz CT molecular complexity index is 1220. The lowest BCUT2D eigenvalue weighted by molar-refractivity contribution is 0.0948. The van der Waals surface area contributed by atoms with E-state index in [2.05, 4.69) is 30.6 Å². The highest BCUT2D eigenvalue weighted by Crippen LogP contribution is 2.25. The van der Waals surface area contributed by atoms with E-state index in [0.717, 1.165) is 16.0 Å². The van der Waals surface area contributed by atoms with Gasteiger partial charge in [-0.25, -0.2) is 15.0 Å². The third-order valence-electron chi connectivity index (χ3n) is 4.39. The molecule has 0 aliphatic rings. The maximum atomic E-state index is 12.9. The quantitative estimate of drug-likeness (QED) is 0.495. The summed E-state index contributed by atoms with van der Waals surface area (Å²) in [5, 5.41) is 16.8. The number of carbonyl (C=O) groups excluding carboxylic acids is 1. The molecule has 4 rings (SSSR count). The number of nitrogens with one attached hydrogen (secondary N) is 2. The van der Waals surface area contributed by atoms with Gasteiger partial charge in [-0.3, -0.25) is 9.78 Å². The number of fused-ring (bicyclic) bond motifs is 1. The maximum Gasteiger partial charge on any atom is 0.271 e. The molecule has 4 aromatic heterocycles. The van der Waals surface area contributed by atoms with E-state index in [1.807, 2.05) is 42.6 Å².